The van der Waals surface area contributed by atoms with E-state index in [1.807, 2.05) is 29.2 Å². The molecule has 2 heterocycles. The van der Waals surface area contributed by atoms with Crippen molar-refractivity contribution in [2.24, 2.45) is 0 Å². The van der Waals surface area contributed by atoms with Gasteiger partial charge in [0.15, 0.2) is 0 Å². The number of halogens is 1. The summed E-state index contributed by atoms with van der Waals surface area (Å²) in [5, 5.41) is 2.84. The Hall–Kier alpha value is -2.69. The predicted octanol–water partition coefficient (Wildman–Crippen LogP) is 3.62. The first-order chi connectivity index (χ1) is 12.1. The molecule has 4 rings (SSSR count). The van der Waals surface area contributed by atoms with Gasteiger partial charge in [-0.15, -0.1) is 0 Å². The fourth-order valence-corrected chi connectivity index (χ4v) is 3.87. The number of fused-ring (bicyclic) bond motifs is 1. The van der Waals surface area contributed by atoms with Gasteiger partial charge in [-0.05, 0) is 42.2 Å². The topological polar surface area (TPSA) is 49.4 Å². The molecule has 0 aromatic heterocycles. The monoisotopic (exact) mass is 338 g/mol. The summed E-state index contributed by atoms with van der Waals surface area (Å²) in [6.45, 7) is 0.677. The maximum Gasteiger partial charge on any atom is 0.232 e. The van der Waals surface area contributed by atoms with Gasteiger partial charge in [0.05, 0.1) is 12.0 Å². The highest BCUT2D eigenvalue weighted by molar-refractivity contribution is 6.04. The van der Waals surface area contributed by atoms with E-state index in [4.69, 9.17) is 0 Å². The lowest BCUT2D eigenvalue weighted by Crippen LogP contribution is -2.32. The molecule has 25 heavy (non-hydrogen) atoms. The van der Waals surface area contributed by atoms with Crippen LogP contribution in [0.3, 0.4) is 0 Å². The van der Waals surface area contributed by atoms with Crippen LogP contribution in [0.2, 0.25) is 0 Å². The van der Waals surface area contributed by atoms with E-state index in [-0.39, 0.29) is 30.1 Å². The number of carbonyl (C=O) groups excluding carboxylic acids is 2. The number of benzene rings is 2. The summed E-state index contributed by atoms with van der Waals surface area (Å²) in [6.07, 6.45) is 1.95. The molecule has 0 saturated carbocycles. The van der Waals surface area contributed by atoms with Gasteiger partial charge in [0.2, 0.25) is 11.8 Å². The maximum absolute atomic E-state index is 13.2. The highest BCUT2D eigenvalue weighted by atomic mass is 19.1. The van der Waals surface area contributed by atoms with Crippen molar-refractivity contribution < 1.29 is 14.0 Å². The Morgan fingerprint density at radius 2 is 1.92 bits per heavy atom. The number of anilines is 1. The summed E-state index contributed by atoms with van der Waals surface area (Å²) >= 11 is 0. The van der Waals surface area contributed by atoms with Crippen LogP contribution >= 0.6 is 0 Å². The van der Waals surface area contributed by atoms with Crippen LogP contribution in [0, 0.1) is 5.82 Å². The summed E-state index contributed by atoms with van der Waals surface area (Å²) < 4.78 is 13.2. The quantitative estimate of drug-likeness (QED) is 0.929. The molecule has 2 aliphatic rings. The smallest absolute Gasteiger partial charge is 0.232 e. The Morgan fingerprint density at radius 3 is 2.72 bits per heavy atom. The van der Waals surface area contributed by atoms with E-state index in [9.17, 15) is 14.0 Å². The van der Waals surface area contributed by atoms with Crippen LogP contribution in [0.25, 0.3) is 0 Å². The Kier molecular flexibility index (Phi) is 3.99. The number of likely N-dealkylation sites (tertiary alicyclic amines) is 1. The lowest BCUT2D eigenvalue weighted by Gasteiger charge is -2.26. The number of para-hydroxylation sites is 1. The van der Waals surface area contributed by atoms with E-state index < -0.39 is 5.92 Å². The summed E-state index contributed by atoms with van der Waals surface area (Å²) in [4.78, 5) is 27.0. The van der Waals surface area contributed by atoms with Crippen molar-refractivity contribution in [1.82, 2.24) is 4.90 Å². The van der Waals surface area contributed by atoms with Crippen LogP contribution in [0.5, 0.6) is 0 Å². The molecule has 0 unspecified atom stereocenters. The third-order valence-corrected chi connectivity index (χ3v) is 5.12. The average Bonchev–Trinajstić information content (AvgIpc) is 3.21. The normalized spacial score (nSPS) is 22.0. The van der Waals surface area contributed by atoms with E-state index >= 15 is 0 Å². The molecule has 0 spiro atoms. The molecule has 2 aromatic carbocycles. The van der Waals surface area contributed by atoms with Gasteiger partial charge >= 0.3 is 0 Å². The van der Waals surface area contributed by atoms with Crippen LogP contribution < -0.4 is 5.32 Å². The third-order valence-electron chi connectivity index (χ3n) is 5.12. The number of amides is 2. The van der Waals surface area contributed by atoms with E-state index in [1.165, 1.54) is 12.1 Å². The number of carbonyl (C=O) groups is 2. The number of nitrogens with one attached hydrogen (secondary N) is 1. The minimum atomic E-state index is -0.432. The molecule has 128 valence electrons. The summed E-state index contributed by atoms with van der Waals surface area (Å²) in [7, 11) is 0. The standard InChI is InChI=1S/C20H19FN2O2/c21-14-9-7-13(8-10-14)18-6-3-11-23(18)19(24)12-16-15-4-1-2-5-17(15)22-20(16)25/h1-2,4-5,7-10,16,18H,3,6,11-12H2,(H,22,25)/t16-,18+/m0/s1. The third kappa shape index (κ3) is 2.90. The molecule has 5 heteroatoms. The first-order valence-corrected chi connectivity index (χ1v) is 8.58. The average molecular weight is 338 g/mol. The molecule has 1 fully saturated rings. The van der Waals surface area contributed by atoms with Gasteiger partial charge in [-0.25, -0.2) is 4.39 Å². The highest BCUT2D eigenvalue weighted by Crippen LogP contribution is 2.37. The Bertz CT molecular complexity index is 819. The maximum atomic E-state index is 13.2. The van der Waals surface area contributed by atoms with Crippen LogP contribution in [0.4, 0.5) is 10.1 Å². The molecule has 0 aliphatic carbocycles. The Balaban J connectivity index is 1.53. The molecule has 0 bridgehead atoms. The van der Waals surface area contributed by atoms with Crippen LogP contribution in [-0.2, 0) is 9.59 Å². The molecule has 1 saturated heterocycles. The molecular weight excluding hydrogens is 319 g/mol. The first kappa shape index (κ1) is 15.8. The zero-order valence-corrected chi connectivity index (χ0v) is 13.7. The lowest BCUT2D eigenvalue weighted by atomic mass is 9.96. The van der Waals surface area contributed by atoms with Gasteiger partial charge in [-0.3, -0.25) is 9.59 Å². The van der Waals surface area contributed by atoms with Gasteiger partial charge in [0.25, 0.3) is 0 Å². The van der Waals surface area contributed by atoms with Crippen molar-refractivity contribution in [3.05, 3.63) is 65.5 Å². The number of rotatable bonds is 3. The Morgan fingerprint density at radius 1 is 1.16 bits per heavy atom. The van der Waals surface area contributed by atoms with Crippen LogP contribution in [0.1, 0.15) is 42.3 Å². The minimum Gasteiger partial charge on any atom is -0.336 e. The SMILES string of the molecule is O=C1Nc2ccccc2[C@@H]1CC(=O)N1CCC[C@@H]1c1ccc(F)cc1. The van der Waals surface area contributed by atoms with Crippen molar-refractivity contribution in [3.63, 3.8) is 0 Å². The van der Waals surface area contributed by atoms with Crippen LogP contribution in [-0.4, -0.2) is 23.3 Å². The van der Waals surface area contributed by atoms with Gasteiger partial charge in [-0.1, -0.05) is 30.3 Å². The highest BCUT2D eigenvalue weighted by Gasteiger charge is 2.36. The molecule has 2 aliphatic heterocycles. The fourth-order valence-electron chi connectivity index (χ4n) is 3.87. The second-order valence-corrected chi connectivity index (χ2v) is 6.63. The van der Waals surface area contributed by atoms with Crippen molar-refractivity contribution in [2.75, 3.05) is 11.9 Å². The van der Waals surface area contributed by atoms with E-state index in [0.29, 0.717) is 6.54 Å². The molecular formula is C20H19FN2O2. The number of nitrogens with zero attached hydrogens (tertiary/aromatic N) is 1. The fraction of sp³-hybridized carbons (Fsp3) is 0.300. The Labute approximate surface area is 145 Å². The van der Waals surface area contributed by atoms with Crippen molar-refractivity contribution in [3.8, 4) is 0 Å². The molecule has 2 aromatic rings. The molecule has 0 radical (unpaired) electrons. The van der Waals surface area contributed by atoms with Crippen LogP contribution in [0.15, 0.2) is 48.5 Å². The van der Waals surface area contributed by atoms with Gasteiger partial charge < -0.3 is 10.2 Å². The predicted molar refractivity (Wildman–Crippen MR) is 92.5 cm³/mol. The largest absolute Gasteiger partial charge is 0.336 e. The van der Waals surface area contributed by atoms with Crippen molar-refractivity contribution in [1.29, 1.82) is 0 Å². The van der Waals surface area contributed by atoms with E-state index in [2.05, 4.69) is 5.32 Å². The van der Waals surface area contributed by atoms with Crippen molar-refractivity contribution in [2.45, 2.75) is 31.2 Å². The molecule has 1 N–H and O–H groups in total. The second kappa shape index (κ2) is 6.31. The lowest BCUT2D eigenvalue weighted by molar-refractivity contribution is -0.134. The molecule has 2 amide bonds. The van der Waals surface area contributed by atoms with Gasteiger partial charge in [-0.2, -0.15) is 0 Å². The summed E-state index contributed by atoms with van der Waals surface area (Å²) in [6, 6.07) is 13.8. The molecule has 2 atom stereocenters. The summed E-state index contributed by atoms with van der Waals surface area (Å²) in [5.74, 6) is -0.854. The number of hydrogen-bond acceptors (Lipinski definition) is 2. The second-order valence-electron chi connectivity index (χ2n) is 6.63. The molecule has 4 nitrogen and oxygen atoms in total. The van der Waals surface area contributed by atoms with Crippen molar-refractivity contribution >= 4 is 17.5 Å². The number of hydrogen-bond donors (Lipinski definition) is 1. The zero-order valence-electron chi connectivity index (χ0n) is 13.7. The zero-order chi connectivity index (χ0) is 17.4. The van der Waals surface area contributed by atoms with E-state index in [1.54, 1.807) is 12.1 Å². The minimum absolute atomic E-state index is 0.0244. The van der Waals surface area contributed by atoms with E-state index in [0.717, 1.165) is 29.7 Å². The first-order valence-electron chi connectivity index (χ1n) is 8.58. The summed E-state index contributed by atoms with van der Waals surface area (Å²) in [5.41, 5.74) is 2.63. The van der Waals surface area contributed by atoms with Gasteiger partial charge in [0, 0.05) is 18.7 Å². The van der Waals surface area contributed by atoms with Gasteiger partial charge in [0.1, 0.15) is 5.82 Å².